The van der Waals surface area contributed by atoms with Crippen LogP contribution >= 0.6 is 0 Å². The Balaban J connectivity index is 1.94. The third-order valence-corrected chi connectivity index (χ3v) is 3.86. The predicted molar refractivity (Wildman–Crippen MR) is 69.7 cm³/mol. The second-order valence-corrected chi connectivity index (χ2v) is 5.63. The number of hydrogen-bond acceptors (Lipinski definition) is 5. The van der Waals surface area contributed by atoms with Crippen molar-refractivity contribution in [2.75, 3.05) is 6.54 Å². The molecule has 2 heterocycles. The number of nitrogens with one attached hydrogen (secondary N) is 1. The van der Waals surface area contributed by atoms with E-state index in [-0.39, 0.29) is 18.2 Å². The minimum atomic E-state index is -3.61. The summed E-state index contributed by atoms with van der Waals surface area (Å²) in [5.74, 6) is 0.438. The molecule has 0 aliphatic rings. The molecule has 0 radical (unpaired) electrons. The summed E-state index contributed by atoms with van der Waals surface area (Å²) in [6.07, 6.45) is 3.94. The number of nitrogens with two attached hydrogens (primary N) is 1. The molecule has 0 aromatic carbocycles. The van der Waals surface area contributed by atoms with Crippen LogP contribution in [-0.2, 0) is 23.0 Å². The average molecular weight is 281 g/mol. The second-order valence-electron chi connectivity index (χ2n) is 3.93. The smallest absolute Gasteiger partial charge is 0.273 e. The topological polar surface area (TPSA) is 98.2 Å². The van der Waals surface area contributed by atoms with Crippen LogP contribution < -0.4 is 10.5 Å². The van der Waals surface area contributed by atoms with Gasteiger partial charge >= 0.3 is 0 Å². The van der Waals surface area contributed by atoms with Gasteiger partial charge in [0.2, 0.25) is 5.09 Å². The summed E-state index contributed by atoms with van der Waals surface area (Å²) < 4.78 is 31.4. The molecule has 0 atom stereocenters. The molecule has 19 heavy (non-hydrogen) atoms. The number of pyridine rings is 1. The highest BCUT2D eigenvalue weighted by molar-refractivity contribution is 7.89. The summed E-state index contributed by atoms with van der Waals surface area (Å²) in [4.78, 5) is 3.96. The molecule has 102 valence electrons. The normalized spacial score (nSPS) is 11.6. The van der Waals surface area contributed by atoms with E-state index in [0.717, 1.165) is 5.56 Å². The van der Waals surface area contributed by atoms with Crippen molar-refractivity contribution in [2.24, 2.45) is 5.73 Å². The predicted octanol–water partition coefficient (Wildman–Crippen LogP) is 0.654. The SMILES string of the molecule is NCc1ccc(S(=O)(=O)NCCc2cccnc2)o1. The van der Waals surface area contributed by atoms with Crippen LogP contribution in [0.4, 0.5) is 0 Å². The van der Waals surface area contributed by atoms with Gasteiger partial charge in [0.1, 0.15) is 5.76 Å². The van der Waals surface area contributed by atoms with E-state index < -0.39 is 10.0 Å². The van der Waals surface area contributed by atoms with Crippen molar-refractivity contribution in [1.82, 2.24) is 9.71 Å². The van der Waals surface area contributed by atoms with Crippen LogP contribution in [0.3, 0.4) is 0 Å². The first-order chi connectivity index (χ1) is 9.12. The quantitative estimate of drug-likeness (QED) is 0.810. The van der Waals surface area contributed by atoms with Crippen LogP contribution in [0.5, 0.6) is 0 Å². The van der Waals surface area contributed by atoms with Crippen LogP contribution in [0.2, 0.25) is 0 Å². The van der Waals surface area contributed by atoms with Gasteiger partial charge in [-0.05, 0) is 30.2 Å². The molecule has 0 saturated carbocycles. The Kier molecular flexibility index (Phi) is 4.31. The summed E-state index contributed by atoms with van der Waals surface area (Å²) >= 11 is 0. The number of sulfonamides is 1. The van der Waals surface area contributed by atoms with Crippen LogP contribution in [0.15, 0.2) is 46.2 Å². The van der Waals surface area contributed by atoms with Crippen molar-refractivity contribution in [3.05, 3.63) is 48.0 Å². The van der Waals surface area contributed by atoms with E-state index in [1.807, 2.05) is 12.1 Å². The highest BCUT2D eigenvalue weighted by Gasteiger charge is 2.17. The third-order valence-electron chi connectivity index (χ3n) is 2.53. The maximum absolute atomic E-state index is 11.9. The summed E-state index contributed by atoms with van der Waals surface area (Å²) in [6, 6.07) is 6.65. The Morgan fingerprint density at radius 1 is 1.32 bits per heavy atom. The zero-order chi connectivity index (χ0) is 13.7. The fourth-order valence-corrected chi connectivity index (χ4v) is 2.54. The van der Waals surface area contributed by atoms with Crippen molar-refractivity contribution in [1.29, 1.82) is 0 Å². The van der Waals surface area contributed by atoms with Gasteiger partial charge in [-0.3, -0.25) is 4.98 Å². The van der Waals surface area contributed by atoms with Gasteiger partial charge in [0.05, 0.1) is 6.54 Å². The summed E-state index contributed by atoms with van der Waals surface area (Å²) in [6.45, 7) is 0.456. The van der Waals surface area contributed by atoms with Crippen molar-refractivity contribution >= 4 is 10.0 Å². The molecule has 0 saturated heterocycles. The summed E-state index contributed by atoms with van der Waals surface area (Å²) in [5, 5.41) is -0.112. The fourth-order valence-electron chi connectivity index (χ4n) is 1.56. The Bertz CT molecular complexity index is 623. The highest BCUT2D eigenvalue weighted by Crippen LogP contribution is 2.13. The van der Waals surface area contributed by atoms with Crippen LogP contribution in [-0.4, -0.2) is 19.9 Å². The molecule has 0 aliphatic carbocycles. The summed E-state index contributed by atoms with van der Waals surface area (Å²) in [7, 11) is -3.61. The lowest BCUT2D eigenvalue weighted by atomic mass is 10.2. The van der Waals surface area contributed by atoms with Crippen molar-refractivity contribution < 1.29 is 12.8 Å². The largest absolute Gasteiger partial charge is 0.447 e. The molecule has 0 spiro atoms. The van der Waals surface area contributed by atoms with E-state index in [4.69, 9.17) is 10.2 Å². The molecule has 0 aliphatic heterocycles. The van der Waals surface area contributed by atoms with Crippen LogP contribution in [0.25, 0.3) is 0 Å². The molecular formula is C12H15N3O3S. The molecule has 6 nitrogen and oxygen atoms in total. The Morgan fingerprint density at radius 2 is 2.16 bits per heavy atom. The third kappa shape index (κ3) is 3.63. The van der Waals surface area contributed by atoms with Crippen molar-refractivity contribution in [3.63, 3.8) is 0 Å². The van der Waals surface area contributed by atoms with E-state index in [2.05, 4.69) is 9.71 Å². The number of nitrogens with zero attached hydrogens (tertiary/aromatic N) is 1. The zero-order valence-corrected chi connectivity index (χ0v) is 11.1. The summed E-state index contributed by atoms with van der Waals surface area (Å²) in [5.41, 5.74) is 6.33. The maximum atomic E-state index is 11.9. The van der Waals surface area contributed by atoms with Gasteiger partial charge in [0.25, 0.3) is 10.0 Å². The van der Waals surface area contributed by atoms with Gasteiger partial charge in [0, 0.05) is 18.9 Å². The lowest BCUT2D eigenvalue weighted by Gasteiger charge is -2.04. The first-order valence-corrected chi connectivity index (χ1v) is 7.27. The monoisotopic (exact) mass is 281 g/mol. The van der Waals surface area contributed by atoms with Gasteiger partial charge in [-0.2, -0.15) is 0 Å². The maximum Gasteiger partial charge on any atom is 0.273 e. The van der Waals surface area contributed by atoms with E-state index in [0.29, 0.717) is 12.2 Å². The molecule has 7 heteroatoms. The van der Waals surface area contributed by atoms with E-state index >= 15 is 0 Å². The first-order valence-electron chi connectivity index (χ1n) is 5.79. The standard InChI is InChI=1S/C12H15N3O3S/c13-8-11-3-4-12(18-11)19(16,17)15-7-5-10-2-1-6-14-9-10/h1-4,6,9,15H,5,7-8,13H2. The molecule has 0 amide bonds. The molecular weight excluding hydrogens is 266 g/mol. The molecule has 0 fully saturated rings. The molecule has 2 rings (SSSR count). The highest BCUT2D eigenvalue weighted by atomic mass is 32.2. The second kappa shape index (κ2) is 5.96. The van der Waals surface area contributed by atoms with Gasteiger partial charge in [-0.25, -0.2) is 13.1 Å². The Labute approximate surface area is 111 Å². The minimum absolute atomic E-state index is 0.112. The van der Waals surface area contributed by atoms with Crippen LogP contribution in [0.1, 0.15) is 11.3 Å². The number of aromatic nitrogens is 1. The van der Waals surface area contributed by atoms with Gasteiger partial charge in [-0.15, -0.1) is 0 Å². The molecule has 3 N–H and O–H groups in total. The van der Waals surface area contributed by atoms with Crippen LogP contribution in [0, 0.1) is 0 Å². The average Bonchev–Trinajstić information content (AvgIpc) is 2.89. The minimum Gasteiger partial charge on any atom is -0.447 e. The molecule has 0 bridgehead atoms. The zero-order valence-electron chi connectivity index (χ0n) is 10.2. The molecule has 0 unspecified atom stereocenters. The van der Waals surface area contributed by atoms with Gasteiger partial charge < -0.3 is 10.2 Å². The van der Waals surface area contributed by atoms with Crippen molar-refractivity contribution in [3.8, 4) is 0 Å². The first kappa shape index (κ1) is 13.7. The van der Waals surface area contributed by atoms with E-state index in [9.17, 15) is 8.42 Å². The van der Waals surface area contributed by atoms with Gasteiger partial charge in [0.15, 0.2) is 0 Å². The lowest BCUT2D eigenvalue weighted by molar-refractivity contribution is 0.413. The molecule has 2 aromatic heterocycles. The number of rotatable bonds is 6. The Morgan fingerprint density at radius 3 is 2.79 bits per heavy atom. The van der Waals surface area contributed by atoms with E-state index in [1.54, 1.807) is 18.5 Å². The number of hydrogen-bond donors (Lipinski definition) is 2. The van der Waals surface area contributed by atoms with Crippen molar-refractivity contribution in [2.45, 2.75) is 18.1 Å². The number of furan rings is 1. The molecule has 2 aromatic rings. The fraction of sp³-hybridized carbons (Fsp3) is 0.250. The van der Waals surface area contributed by atoms with Gasteiger partial charge in [-0.1, -0.05) is 6.07 Å². The van der Waals surface area contributed by atoms with E-state index in [1.165, 1.54) is 6.07 Å². The lowest BCUT2D eigenvalue weighted by Crippen LogP contribution is -2.25. The Hall–Kier alpha value is -1.70.